The Morgan fingerprint density at radius 3 is 3.00 bits per heavy atom. The number of carboxylic acid groups (broad SMARTS) is 1. The zero-order valence-corrected chi connectivity index (χ0v) is 5.70. The lowest BCUT2D eigenvalue weighted by atomic mass is 10.1. The zero-order valence-electron chi connectivity index (χ0n) is 5.70. The molecule has 0 saturated heterocycles. The highest BCUT2D eigenvalue weighted by Crippen LogP contribution is 2.11. The minimum absolute atomic E-state index is 0.436. The number of aliphatic carboxylic acids is 1. The van der Waals surface area contributed by atoms with Gasteiger partial charge in [0.1, 0.15) is 0 Å². The van der Waals surface area contributed by atoms with Gasteiger partial charge in [-0.2, -0.15) is 0 Å². The minimum atomic E-state index is -0.938. The maximum Gasteiger partial charge on any atom is 0.348 e. The predicted octanol–water partition coefficient (Wildman–Crippen LogP) is 0.626. The van der Waals surface area contributed by atoms with Gasteiger partial charge in [-0.05, 0) is 6.42 Å². The zero-order chi connectivity index (χ0) is 7.56. The number of carboxylic acids is 1. The molecule has 0 spiro atoms. The molecule has 1 unspecified atom stereocenters. The minimum Gasteiger partial charge on any atom is -0.478 e. The third-order valence-electron chi connectivity index (χ3n) is 1.41. The molecule has 1 rings (SSSR count). The number of oxime groups is 1. The van der Waals surface area contributed by atoms with Crippen LogP contribution in [0.3, 0.4) is 0 Å². The molecular weight excluding hydrogens is 134 g/mol. The van der Waals surface area contributed by atoms with E-state index in [1.165, 1.54) is 0 Å². The quantitative estimate of drug-likeness (QED) is 0.616. The Balaban J connectivity index is 2.43. The summed E-state index contributed by atoms with van der Waals surface area (Å²) < 4.78 is 0. The van der Waals surface area contributed by atoms with E-state index in [2.05, 4.69) is 9.99 Å². The molecule has 0 fully saturated rings. The van der Waals surface area contributed by atoms with Crippen LogP contribution in [0, 0.1) is 0 Å². The third-order valence-corrected chi connectivity index (χ3v) is 1.41. The highest BCUT2D eigenvalue weighted by molar-refractivity contribution is 5.90. The van der Waals surface area contributed by atoms with Crippen LogP contribution in [0.4, 0.5) is 0 Å². The summed E-state index contributed by atoms with van der Waals surface area (Å²) in [5.41, 5.74) is 0.826. The van der Waals surface area contributed by atoms with Crippen LogP contribution in [0.25, 0.3) is 0 Å². The largest absolute Gasteiger partial charge is 0.478 e. The lowest BCUT2D eigenvalue weighted by Gasteiger charge is -1.98. The van der Waals surface area contributed by atoms with Gasteiger partial charge in [0.05, 0.1) is 5.71 Å². The first-order chi connectivity index (χ1) is 4.74. The average molecular weight is 143 g/mol. The highest BCUT2D eigenvalue weighted by Gasteiger charge is 2.26. The van der Waals surface area contributed by atoms with Gasteiger partial charge in [0, 0.05) is 6.42 Å². The predicted molar refractivity (Wildman–Crippen MR) is 34.9 cm³/mol. The van der Waals surface area contributed by atoms with Gasteiger partial charge >= 0.3 is 5.97 Å². The molecule has 0 radical (unpaired) electrons. The Labute approximate surface area is 58.5 Å². The smallest absolute Gasteiger partial charge is 0.348 e. The molecule has 0 aromatic rings. The van der Waals surface area contributed by atoms with E-state index in [4.69, 9.17) is 5.11 Å². The van der Waals surface area contributed by atoms with E-state index in [-0.39, 0.29) is 0 Å². The Bertz CT molecular complexity index is 176. The van der Waals surface area contributed by atoms with Gasteiger partial charge in [-0.3, -0.25) is 0 Å². The van der Waals surface area contributed by atoms with E-state index < -0.39 is 12.1 Å². The van der Waals surface area contributed by atoms with E-state index in [9.17, 15) is 4.79 Å². The maximum atomic E-state index is 10.3. The van der Waals surface area contributed by atoms with Gasteiger partial charge in [-0.15, -0.1) is 0 Å². The standard InChI is InChI=1S/C6H9NO3/c1-2-4-3-5(6(8)9)10-7-4/h5H,2-3H2,1H3,(H,8,9). The van der Waals surface area contributed by atoms with Crippen LogP contribution < -0.4 is 0 Å². The second-order valence-corrected chi connectivity index (χ2v) is 2.15. The molecule has 10 heavy (non-hydrogen) atoms. The van der Waals surface area contributed by atoms with Crippen molar-refractivity contribution >= 4 is 11.7 Å². The molecule has 1 aliphatic heterocycles. The first-order valence-electron chi connectivity index (χ1n) is 3.18. The second-order valence-electron chi connectivity index (χ2n) is 2.15. The second kappa shape index (κ2) is 2.68. The van der Waals surface area contributed by atoms with Crippen LogP contribution in [0.2, 0.25) is 0 Å². The molecule has 4 nitrogen and oxygen atoms in total. The molecular formula is C6H9NO3. The lowest BCUT2D eigenvalue weighted by Crippen LogP contribution is -2.19. The molecule has 0 aromatic heterocycles. The normalized spacial score (nSPS) is 23.7. The van der Waals surface area contributed by atoms with Crippen molar-refractivity contribution in [2.45, 2.75) is 25.9 Å². The molecule has 1 heterocycles. The third kappa shape index (κ3) is 1.26. The summed E-state index contributed by atoms with van der Waals surface area (Å²) in [5.74, 6) is -0.938. The lowest BCUT2D eigenvalue weighted by molar-refractivity contribution is -0.148. The van der Waals surface area contributed by atoms with Crippen molar-refractivity contribution in [3.63, 3.8) is 0 Å². The Morgan fingerprint density at radius 2 is 2.70 bits per heavy atom. The summed E-state index contributed by atoms with van der Waals surface area (Å²) in [5, 5.41) is 12.0. The van der Waals surface area contributed by atoms with Crippen LogP contribution in [0.15, 0.2) is 5.16 Å². The monoisotopic (exact) mass is 143 g/mol. The number of rotatable bonds is 2. The van der Waals surface area contributed by atoms with Gasteiger partial charge < -0.3 is 9.94 Å². The summed E-state index contributed by atoms with van der Waals surface area (Å²) in [7, 11) is 0. The Hall–Kier alpha value is -1.06. The summed E-state index contributed by atoms with van der Waals surface area (Å²) >= 11 is 0. The molecule has 0 aliphatic carbocycles. The van der Waals surface area contributed by atoms with Gasteiger partial charge in [-0.25, -0.2) is 4.79 Å². The van der Waals surface area contributed by atoms with E-state index in [1.807, 2.05) is 6.92 Å². The number of hydrogen-bond donors (Lipinski definition) is 1. The van der Waals surface area contributed by atoms with Crippen molar-refractivity contribution < 1.29 is 14.7 Å². The van der Waals surface area contributed by atoms with Crippen molar-refractivity contribution in [2.24, 2.45) is 5.16 Å². The van der Waals surface area contributed by atoms with E-state index in [0.717, 1.165) is 12.1 Å². The summed E-state index contributed by atoms with van der Waals surface area (Å²) in [6.07, 6.45) is 0.463. The highest BCUT2D eigenvalue weighted by atomic mass is 16.7. The molecule has 56 valence electrons. The summed E-state index contributed by atoms with van der Waals surface area (Å²) in [6.45, 7) is 1.92. The van der Waals surface area contributed by atoms with Gasteiger partial charge in [0.2, 0.25) is 6.10 Å². The molecule has 0 saturated carbocycles. The topological polar surface area (TPSA) is 58.9 Å². The molecule has 0 bridgehead atoms. The van der Waals surface area contributed by atoms with E-state index in [1.54, 1.807) is 0 Å². The Morgan fingerprint density at radius 1 is 2.00 bits per heavy atom. The average Bonchev–Trinajstić information content (AvgIpc) is 2.34. The first kappa shape index (κ1) is 7.05. The fourth-order valence-electron chi connectivity index (χ4n) is 0.768. The molecule has 1 atom stereocenters. The first-order valence-corrected chi connectivity index (χ1v) is 3.18. The number of nitrogens with zero attached hydrogens (tertiary/aromatic N) is 1. The van der Waals surface area contributed by atoms with Crippen LogP contribution >= 0.6 is 0 Å². The van der Waals surface area contributed by atoms with Crippen LogP contribution in [-0.2, 0) is 9.63 Å². The number of hydrogen-bond acceptors (Lipinski definition) is 3. The van der Waals surface area contributed by atoms with Gasteiger partial charge in [0.15, 0.2) is 0 Å². The van der Waals surface area contributed by atoms with Crippen molar-refractivity contribution in [1.29, 1.82) is 0 Å². The van der Waals surface area contributed by atoms with Gasteiger partial charge in [0.25, 0.3) is 0 Å². The molecule has 1 aliphatic rings. The van der Waals surface area contributed by atoms with Crippen molar-refractivity contribution in [1.82, 2.24) is 0 Å². The van der Waals surface area contributed by atoms with Crippen molar-refractivity contribution in [3.8, 4) is 0 Å². The van der Waals surface area contributed by atoms with Crippen LogP contribution in [-0.4, -0.2) is 22.9 Å². The molecule has 4 heteroatoms. The van der Waals surface area contributed by atoms with Crippen LogP contribution in [0.5, 0.6) is 0 Å². The number of carbonyl (C=O) groups is 1. The van der Waals surface area contributed by atoms with Crippen molar-refractivity contribution in [3.05, 3.63) is 0 Å². The fraction of sp³-hybridized carbons (Fsp3) is 0.667. The SMILES string of the molecule is CCC1=NOC(C(=O)O)C1. The summed E-state index contributed by atoms with van der Waals surface area (Å²) in [6, 6.07) is 0. The molecule has 0 amide bonds. The van der Waals surface area contributed by atoms with E-state index >= 15 is 0 Å². The Kier molecular flexibility index (Phi) is 1.89. The van der Waals surface area contributed by atoms with Gasteiger partial charge in [-0.1, -0.05) is 12.1 Å². The van der Waals surface area contributed by atoms with Crippen molar-refractivity contribution in [2.75, 3.05) is 0 Å². The summed E-state index contributed by atoms with van der Waals surface area (Å²) in [4.78, 5) is 14.9. The molecule has 0 aromatic carbocycles. The fourth-order valence-corrected chi connectivity index (χ4v) is 0.768. The maximum absolute atomic E-state index is 10.3. The van der Waals surface area contributed by atoms with E-state index in [0.29, 0.717) is 6.42 Å². The van der Waals surface area contributed by atoms with Crippen LogP contribution in [0.1, 0.15) is 19.8 Å². The molecule has 1 N–H and O–H groups in total.